The fraction of sp³-hybridized carbons (Fsp3) is 0.556. The number of carbonyl (C=O) groups excluding carboxylic acids is 1. The SMILES string of the molecule is N#CC1(C(=O)NCCc2ccc3c(c2)CCO3)CCCCC1. The summed E-state index contributed by atoms with van der Waals surface area (Å²) in [4.78, 5) is 12.4. The first-order valence-electron chi connectivity index (χ1n) is 8.18. The van der Waals surface area contributed by atoms with E-state index in [9.17, 15) is 10.1 Å². The molecule has 1 saturated carbocycles. The molecule has 1 aromatic rings. The summed E-state index contributed by atoms with van der Waals surface area (Å²) >= 11 is 0. The molecule has 0 aromatic heterocycles. The van der Waals surface area contributed by atoms with Crippen molar-refractivity contribution >= 4 is 5.91 Å². The molecule has 0 bridgehead atoms. The molecule has 1 fully saturated rings. The van der Waals surface area contributed by atoms with E-state index in [1.54, 1.807) is 0 Å². The molecular formula is C18H22N2O2. The summed E-state index contributed by atoms with van der Waals surface area (Å²) in [5, 5.41) is 12.4. The molecule has 116 valence electrons. The number of rotatable bonds is 4. The average molecular weight is 298 g/mol. The molecule has 0 atom stereocenters. The van der Waals surface area contributed by atoms with Crippen LogP contribution in [-0.4, -0.2) is 19.1 Å². The van der Waals surface area contributed by atoms with Gasteiger partial charge in [-0.1, -0.05) is 31.4 Å². The molecule has 1 aliphatic carbocycles. The van der Waals surface area contributed by atoms with E-state index in [0.717, 1.165) is 44.5 Å². The molecule has 2 aliphatic rings. The van der Waals surface area contributed by atoms with Crippen molar-refractivity contribution in [3.63, 3.8) is 0 Å². The van der Waals surface area contributed by atoms with Crippen molar-refractivity contribution in [2.75, 3.05) is 13.2 Å². The summed E-state index contributed by atoms with van der Waals surface area (Å²) in [6.45, 7) is 1.35. The van der Waals surface area contributed by atoms with Crippen molar-refractivity contribution in [3.8, 4) is 11.8 Å². The largest absolute Gasteiger partial charge is 0.493 e. The predicted molar refractivity (Wildman–Crippen MR) is 83.5 cm³/mol. The minimum atomic E-state index is -0.788. The van der Waals surface area contributed by atoms with Crippen molar-refractivity contribution in [3.05, 3.63) is 29.3 Å². The highest BCUT2D eigenvalue weighted by Crippen LogP contribution is 2.35. The van der Waals surface area contributed by atoms with Crippen LogP contribution in [0.3, 0.4) is 0 Å². The van der Waals surface area contributed by atoms with Crippen LogP contribution in [0.2, 0.25) is 0 Å². The van der Waals surface area contributed by atoms with Gasteiger partial charge in [-0.3, -0.25) is 4.79 Å². The van der Waals surface area contributed by atoms with E-state index in [0.29, 0.717) is 19.4 Å². The number of nitrogens with zero attached hydrogens (tertiary/aromatic N) is 1. The molecule has 1 aliphatic heterocycles. The van der Waals surface area contributed by atoms with Crippen LogP contribution >= 0.6 is 0 Å². The summed E-state index contributed by atoms with van der Waals surface area (Å²) in [6, 6.07) is 8.50. The fourth-order valence-electron chi connectivity index (χ4n) is 3.43. The van der Waals surface area contributed by atoms with Crippen molar-refractivity contribution in [2.24, 2.45) is 5.41 Å². The predicted octanol–water partition coefficient (Wildman–Crippen LogP) is 2.75. The van der Waals surface area contributed by atoms with Crippen LogP contribution in [0.15, 0.2) is 18.2 Å². The van der Waals surface area contributed by atoms with Gasteiger partial charge in [0.2, 0.25) is 5.91 Å². The Kier molecular flexibility index (Phi) is 4.33. The number of hydrogen-bond acceptors (Lipinski definition) is 3. The van der Waals surface area contributed by atoms with Gasteiger partial charge < -0.3 is 10.1 Å². The third kappa shape index (κ3) is 2.94. The molecule has 0 unspecified atom stereocenters. The van der Waals surface area contributed by atoms with E-state index >= 15 is 0 Å². The Balaban J connectivity index is 1.54. The monoisotopic (exact) mass is 298 g/mol. The third-order valence-electron chi connectivity index (χ3n) is 4.81. The van der Waals surface area contributed by atoms with Gasteiger partial charge in [-0.25, -0.2) is 0 Å². The Hall–Kier alpha value is -2.02. The van der Waals surface area contributed by atoms with E-state index in [1.807, 2.05) is 6.07 Å². The van der Waals surface area contributed by atoms with Crippen LogP contribution < -0.4 is 10.1 Å². The van der Waals surface area contributed by atoms with E-state index in [2.05, 4.69) is 23.5 Å². The van der Waals surface area contributed by atoms with Crippen LogP contribution in [0, 0.1) is 16.7 Å². The fourth-order valence-corrected chi connectivity index (χ4v) is 3.43. The lowest BCUT2D eigenvalue weighted by molar-refractivity contribution is -0.129. The van der Waals surface area contributed by atoms with Gasteiger partial charge in [0.1, 0.15) is 11.2 Å². The highest BCUT2D eigenvalue weighted by atomic mass is 16.5. The maximum Gasteiger partial charge on any atom is 0.240 e. The normalized spacial score (nSPS) is 18.9. The Labute approximate surface area is 131 Å². The number of ether oxygens (including phenoxy) is 1. The van der Waals surface area contributed by atoms with E-state index in [-0.39, 0.29) is 5.91 Å². The molecule has 4 heteroatoms. The Bertz CT molecular complexity index is 598. The molecule has 0 saturated heterocycles. The first kappa shape index (κ1) is 14.9. The molecule has 22 heavy (non-hydrogen) atoms. The highest BCUT2D eigenvalue weighted by molar-refractivity contribution is 5.85. The lowest BCUT2D eigenvalue weighted by atomic mass is 9.74. The first-order valence-corrected chi connectivity index (χ1v) is 8.18. The van der Waals surface area contributed by atoms with Gasteiger partial charge in [0.05, 0.1) is 12.7 Å². The second-order valence-electron chi connectivity index (χ2n) is 6.30. The Morgan fingerprint density at radius 2 is 2.14 bits per heavy atom. The van der Waals surface area contributed by atoms with Gasteiger partial charge in [0, 0.05) is 13.0 Å². The maximum absolute atomic E-state index is 12.4. The van der Waals surface area contributed by atoms with Crippen LogP contribution in [0.25, 0.3) is 0 Å². The van der Waals surface area contributed by atoms with E-state index < -0.39 is 5.41 Å². The minimum Gasteiger partial charge on any atom is -0.493 e. The summed E-state index contributed by atoms with van der Waals surface area (Å²) < 4.78 is 5.50. The smallest absolute Gasteiger partial charge is 0.240 e. The second kappa shape index (κ2) is 6.39. The standard InChI is InChI=1S/C18H22N2O2/c19-13-18(8-2-1-3-9-18)17(21)20-10-6-14-4-5-16-15(12-14)7-11-22-16/h4-5,12H,1-3,6-11H2,(H,20,21). The van der Waals surface area contributed by atoms with Gasteiger partial charge in [-0.15, -0.1) is 0 Å². The lowest BCUT2D eigenvalue weighted by Gasteiger charge is -2.29. The number of hydrogen-bond donors (Lipinski definition) is 1. The summed E-state index contributed by atoms with van der Waals surface area (Å²) in [5.41, 5.74) is 1.67. The number of nitriles is 1. The van der Waals surface area contributed by atoms with Gasteiger partial charge in [0.25, 0.3) is 0 Å². The molecule has 1 amide bonds. The van der Waals surface area contributed by atoms with Crippen LogP contribution in [0.1, 0.15) is 43.2 Å². The maximum atomic E-state index is 12.4. The zero-order chi connectivity index (χ0) is 15.4. The molecule has 3 rings (SSSR count). The molecule has 4 nitrogen and oxygen atoms in total. The zero-order valence-corrected chi connectivity index (χ0v) is 12.9. The first-order chi connectivity index (χ1) is 10.7. The van der Waals surface area contributed by atoms with Gasteiger partial charge in [-0.05, 0) is 36.5 Å². The summed E-state index contributed by atoms with van der Waals surface area (Å²) in [6.07, 6.45) is 6.25. The highest BCUT2D eigenvalue weighted by Gasteiger charge is 2.39. The third-order valence-corrected chi connectivity index (χ3v) is 4.81. The quantitative estimate of drug-likeness (QED) is 0.929. The molecule has 1 aromatic carbocycles. The molecule has 1 heterocycles. The second-order valence-corrected chi connectivity index (χ2v) is 6.30. The van der Waals surface area contributed by atoms with Gasteiger partial charge in [0.15, 0.2) is 0 Å². The number of nitrogens with one attached hydrogen (secondary N) is 1. The van der Waals surface area contributed by atoms with Crippen molar-refractivity contribution in [1.29, 1.82) is 5.26 Å². The van der Waals surface area contributed by atoms with E-state index in [1.165, 1.54) is 11.1 Å². The molecule has 1 N–H and O–H groups in total. The number of fused-ring (bicyclic) bond motifs is 1. The zero-order valence-electron chi connectivity index (χ0n) is 12.9. The Morgan fingerprint density at radius 1 is 1.32 bits per heavy atom. The number of amides is 1. The molecule has 0 spiro atoms. The summed E-state index contributed by atoms with van der Waals surface area (Å²) in [5.74, 6) is 0.901. The van der Waals surface area contributed by atoms with Gasteiger partial charge in [-0.2, -0.15) is 5.26 Å². The Morgan fingerprint density at radius 3 is 2.91 bits per heavy atom. The van der Waals surface area contributed by atoms with Crippen molar-refractivity contribution in [1.82, 2.24) is 5.32 Å². The lowest BCUT2D eigenvalue weighted by Crippen LogP contribution is -2.42. The average Bonchev–Trinajstić information content (AvgIpc) is 3.03. The molecule has 0 radical (unpaired) electrons. The van der Waals surface area contributed by atoms with Crippen LogP contribution in [0.5, 0.6) is 5.75 Å². The van der Waals surface area contributed by atoms with Crippen molar-refractivity contribution in [2.45, 2.75) is 44.9 Å². The van der Waals surface area contributed by atoms with Crippen LogP contribution in [0.4, 0.5) is 0 Å². The topological polar surface area (TPSA) is 62.1 Å². The van der Waals surface area contributed by atoms with Gasteiger partial charge >= 0.3 is 0 Å². The minimum absolute atomic E-state index is 0.0841. The molecular weight excluding hydrogens is 276 g/mol. The van der Waals surface area contributed by atoms with Crippen molar-refractivity contribution < 1.29 is 9.53 Å². The van der Waals surface area contributed by atoms with Crippen LogP contribution in [-0.2, 0) is 17.6 Å². The summed E-state index contributed by atoms with van der Waals surface area (Å²) in [7, 11) is 0. The van der Waals surface area contributed by atoms with E-state index in [4.69, 9.17) is 4.74 Å². The number of benzene rings is 1. The number of carbonyl (C=O) groups is 1.